The van der Waals surface area contributed by atoms with Gasteiger partial charge in [-0.15, -0.1) is 12.3 Å². The summed E-state index contributed by atoms with van der Waals surface area (Å²) in [5, 5.41) is 7.59. The van der Waals surface area contributed by atoms with E-state index in [1.807, 2.05) is 4.68 Å². The van der Waals surface area contributed by atoms with E-state index in [1.165, 1.54) is 0 Å². The van der Waals surface area contributed by atoms with Crippen molar-refractivity contribution in [2.45, 2.75) is 52.2 Å². The molecule has 16 heavy (non-hydrogen) atoms. The van der Waals surface area contributed by atoms with Gasteiger partial charge in [-0.05, 0) is 12.8 Å². The zero-order valence-electron chi connectivity index (χ0n) is 10.1. The van der Waals surface area contributed by atoms with Crippen LogP contribution in [-0.2, 0) is 13.1 Å². The summed E-state index contributed by atoms with van der Waals surface area (Å²) in [6.07, 6.45) is 9.78. The molecule has 1 N–H and O–H groups in total. The van der Waals surface area contributed by atoms with Gasteiger partial charge in [-0.1, -0.05) is 13.8 Å². The fraction of sp³-hybridized carbons (Fsp3) is 0.667. The minimum Gasteiger partial charge on any atom is -0.306 e. The van der Waals surface area contributed by atoms with Gasteiger partial charge in [0.1, 0.15) is 12.2 Å². The van der Waals surface area contributed by atoms with Crippen LogP contribution in [0.2, 0.25) is 0 Å². The second-order valence-electron chi connectivity index (χ2n) is 3.79. The predicted octanol–water partition coefficient (Wildman–Crippen LogP) is 1.58. The molecule has 1 unspecified atom stereocenters. The Labute approximate surface area is 97.5 Å². The van der Waals surface area contributed by atoms with E-state index in [0.717, 1.165) is 38.2 Å². The number of rotatable bonds is 7. The number of hydrogen-bond acceptors (Lipinski definition) is 3. The summed E-state index contributed by atoms with van der Waals surface area (Å²) >= 11 is 0. The van der Waals surface area contributed by atoms with Crippen LogP contribution in [0.5, 0.6) is 0 Å². The van der Waals surface area contributed by atoms with Gasteiger partial charge < -0.3 is 5.32 Å². The highest BCUT2D eigenvalue weighted by Gasteiger charge is 2.07. The molecule has 0 aliphatic rings. The Morgan fingerprint density at radius 3 is 3.00 bits per heavy atom. The average molecular weight is 220 g/mol. The first-order valence-electron chi connectivity index (χ1n) is 5.85. The van der Waals surface area contributed by atoms with E-state index in [1.54, 1.807) is 6.33 Å². The van der Waals surface area contributed by atoms with E-state index >= 15 is 0 Å². The maximum Gasteiger partial charge on any atom is 0.140 e. The van der Waals surface area contributed by atoms with Crippen LogP contribution in [0.4, 0.5) is 0 Å². The molecule has 4 nitrogen and oxygen atoms in total. The Balaban J connectivity index is 2.46. The Morgan fingerprint density at radius 1 is 1.56 bits per heavy atom. The van der Waals surface area contributed by atoms with Crippen molar-refractivity contribution in [3.8, 4) is 12.3 Å². The SMILES string of the molecule is C#CCC(CC)NCc1ncnn1CCC. The van der Waals surface area contributed by atoms with E-state index < -0.39 is 0 Å². The van der Waals surface area contributed by atoms with Gasteiger partial charge >= 0.3 is 0 Å². The monoisotopic (exact) mass is 220 g/mol. The maximum atomic E-state index is 5.31. The van der Waals surface area contributed by atoms with Gasteiger partial charge in [-0.3, -0.25) is 0 Å². The summed E-state index contributed by atoms with van der Waals surface area (Å²) in [7, 11) is 0. The molecule has 0 aromatic carbocycles. The molecule has 0 spiro atoms. The van der Waals surface area contributed by atoms with Crippen LogP contribution < -0.4 is 5.32 Å². The topological polar surface area (TPSA) is 42.7 Å². The highest BCUT2D eigenvalue weighted by molar-refractivity contribution is 4.91. The number of terminal acetylenes is 1. The van der Waals surface area contributed by atoms with Gasteiger partial charge in [-0.2, -0.15) is 5.10 Å². The lowest BCUT2D eigenvalue weighted by Crippen LogP contribution is -2.29. The molecule has 0 bridgehead atoms. The summed E-state index contributed by atoms with van der Waals surface area (Å²) in [6.45, 7) is 5.92. The molecule has 0 radical (unpaired) electrons. The van der Waals surface area contributed by atoms with Crippen LogP contribution in [-0.4, -0.2) is 20.8 Å². The first kappa shape index (κ1) is 12.7. The van der Waals surface area contributed by atoms with Gasteiger partial charge in [0.25, 0.3) is 0 Å². The third-order valence-corrected chi connectivity index (χ3v) is 2.54. The fourth-order valence-electron chi connectivity index (χ4n) is 1.56. The standard InChI is InChI=1S/C12H20N4/c1-4-7-11(6-3)13-9-12-14-10-15-16(12)8-5-2/h1,10-11,13H,5-9H2,2-3H3. The van der Waals surface area contributed by atoms with E-state index in [9.17, 15) is 0 Å². The molecular weight excluding hydrogens is 200 g/mol. The largest absolute Gasteiger partial charge is 0.306 e. The number of aryl methyl sites for hydroxylation is 1. The molecule has 4 heteroatoms. The molecule has 0 saturated carbocycles. The summed E-state index contributed by atoms with van der Waals surface area (Å²) in [4.78, 5) is 4.24. The lowest BCUT2D eigenvalue weighted by molar-refractivity contribution is 0.474. The zero-order chi connectivity index (χ0) is 11.8. The Morgan fingerprint density at radius 2 is 2.38 bits per heavy atom. The van der Waals surface area contributed by atoms with Crippen molar-refractivity contribution in [3.05, 3.63) is 12.2 Å². The maximum absolute atomic E-state index is 5.31. The minimum absolute atomic E-state index is 0.372. The van der Waals surface area contributed by atoms with Crippen molar-refractivity contribution in [1.29, 1.82) is 0 Å². The number of nitrogens with zero attached hydrogens (tertiary/aromatic N) is 3. The summed E-state index contributed by atoms with van der Waals surface area (Å²) in [5.74, 6) is 3.67. The van der Waals surface area contributed by atoms with Gasteiger partial charge in [0, 0.05) is 19.0 Å². The second-order valence-corrected chi connectivity index (χ2v) is 3.79. The molecule has 1 atom stereocenters. The minimum atomic E-state index is 0.372. The van der Waals surface area contributed by atoms with Crippen LogP contribution in [0.1, 0.15) is 38.9 Å². The number of hydrogen-bond donors (Lipinski definition) is 1. The predicted molar refractivity (Wildman–Crippen MR) is 64.7 cm³/mol. The fourth-order valence-corrected chi connectivity index (χ4v) is 1.56. The quantitative estimate of drug-likeness (QED) is 0.709. The van der Waals surface area contributed by atoms with Gasteiger partial charge in [0.05, 0.1) is 6.54 Å². The summed E-state index contributed by atoms with van der Waals surface area (Å²) in [6, 6.07) is 0.372. The summed E-state index contributed by atoms with van der Waals surface area (Å²) in [5.41, 5.74) is 0. The van der Waals surface area contributed by atoms with Crippen LogP contribution >= 0.6 is 0 Å². The number of aromatic nitrogens is 3. The van der Waals surface area contributed by atoms with E-state index in [2.05, 4.69) is 35.2 Å². The van der Waals surface area contributed by atoms with E-state index in [0.29, 0.717) is 6.04 Å². The Bertz CT molecular complexity index is 337. The highest BCUT2D eigenvalue weighted by Crippen LogP contribution is 2.00. The molecule has 0 amide bonds. The number of nitrogens with one attached hydrogen (secondary N) is 1. The highest BCUT2D eigenvalue weighted by atomic mass is 15.3. The van der Waals surface area contributed by atoms with Crippen molar-refractivity contribution >= 4 is 0 Å². The van der Waals surface area contributed by atoms with Crippen LogP contribution in [0, 0.1) is 12.3 Å². The first-order valence-corrected chi connectivity index (χ1v) is 5.85. The normalized spacial score (nSPS) is 12.3. The molecule has 88 valence electrons. The van der Waals surface area contributed by atoms with Crippen LogP contribution in [0.25, 0.3) is 0 Å². The molecule has 1 aromatic heterocycles. The van der Waals surface area contributed by atoms with Gasteiger partial charge in [0.2, 0.25) is 0 Å². The Hall–Kier alpha value is -1.34. The molecule has 0 aliphatic carbocycles. The molecule has 0 fully saturated rings. The molecular formula is C12H20N4. The van der Waals surface area contributed by atoms with Crippen molar-refractivity contribution in [2.75, 3.05) is 0 Å². The second kappa shape index (κ2) is 7.02. The molecule has 0 aliphatic heterocycles. The first-order chi connectivity index (χ1) is 7.81. The Kier molecular flexibility index (Phi) is 5.58. The molecule has 1 rings (SSSR count). The van der Waals surface area contributed by atoms with Crippen molar-refractivity contribution in [2.24, 2.45) is 0 Å². The molecule has 1 heterocycles. The third-order valence-electron chi connectivity index (χ3n) is 2.54. The van der Waals surface area contributed by atoms with Crippen LogP contribution in [0.3, 0.4) is 0 Å². The van der Waals surface area contributed by atoms with Crippen molar-refractivity contribution in [3.63, 3.8) is 0 Å². The van der Waals surface area contributed by atoms with E-state index in [4.69, 9.17) is 6.42 Å². The van der Waals surface area contributed by atoms with E-state index in [-0.39, 0.29) is 0 Å². The third kappa shape index (κ3) is 3.67. The molecule has 0 saturated heterocycles. The van der Waals surface area contributed by atoms with Crippen LogP contribution in [0.15, 0.2) is 6.33 Å². The smallest absolute Gasteiger partial charge is 0.140 e. The van der Waals surface area contributed by atoms with Gasteiger partial charge in [-0.25, -0.2) is 9.67 Å². The van der Waals surface area contributed by atoms with Crippen molar-refractivity contribution < 1.29 is 0 Å². The van der Waals surface area contributed by atoms with Gasteiger partial charge in [0.15, 0.2) is 0 Å². The lowest BCUT2D eigenvalue weighted by Gasteiger charge is -2.13. The molecule has 1 aromatic rings. The lowest BCUT2D eigenvalue weighted by atomic mass is 10.1. The van der Waals surface area contributed by atoms with Crippen molar-refractivity contribution in [1.82, 2.24) is 20.1 Å². The zero-order valence-corrected chi connectivity index (χ0v) is 10.1. The average Bonchev–Trinajstić information content (AvgIpc) is 2.72. The summed E-state index contributed by atoms with van der Waals surface area (Å²) < 4.78 is 1.94.